The Kier molecular flexibility index (Phi) is 6.24. The second-order valence-corrected chi connectivity index (χ2v) is 9.14. The minimum Gasteiger partial charge on any atom is -0.495 e. The Morgan fingerprint density at radius 3 is 2.34 bits per heavy atom. The van der Waals surface area contributed by atoms with Crippen LogP contribution in [0.5, 0.6) is 5.75 Å². The van der Waals surface area contributed by atoms with Gasteiger partial charge in [-0.25, -0.2) is 12.8 Å². The van der Waals surface area contributed by atoms with Gasteiger partial charge in [0.15, 0.2) is 0 Å². The summed E-state index contributed by atoms with van der Waals surface area (Å²) in [5.41, 5.74) is 2.77. The molecule has 1 aliphatic heterocycles. The quantitative estimate of drug-likeness (QED) is 0.803. The van der Waals surface area contributed by atoms with Crippen LogP contribution >= 0.6 is 0 Å². The lowest BCUT2D eigenvalue weighted by atomic mass is 9.96. The third kappa shape index (κ3) is 4.43. The highest BCUT2D eigenvalue weighted by Gasteiger charge is 2.34. The van der Waals surface area contributed by atoms with Gasteiger partial charge in [-0.15, -0.1) is 0 Å². The molecule has 2 aromatic carbocycles. The van der Waals surface area contributed by atoms with Gasteiger partial charge in [0.25, 0.3) is 0 Å². The van der Waals surface area contributed by atoms with Crippen molar-refractivity contribution in [1.29, 1.82) is 0 Å². The van der Waals surface area contributed by atoms with Crippen LogP contribution in [0.2, 0.25) is 0 Å². The normalized spacial score (nSPS) is 15.9. The lowest BCUT2D eigenvalue weighted by Crippen LogP contribution is -2.41. The molecule has 156 valence electrons. The van der Waals surface area contributed by atoms with Gasteiger partial charge in [-0.3, -0.25) is 4.79 Å². The minimum atomic E-state index is -3.91. The summed E-state index contributed by atoms with van der Waals surface area (Å²) in [5, 5.41) is 2.98. The molecule has 0 saturated carbocycles. The van der Waals surface area contributed by atoms with Crippen LogP contribution in [0, 0.1) is 25.6 Å². The molecule has 1 amide bonds. The molecule has 8 heteroatoms. The standard InChI is InChI=1S/C21H25FN2O4S/c1-14-5-4-6-15(2)20(14)23-21(25)16-9-11-24(12-10-16)29(26,27)19-13-17(22)7-8-18(19)28-3/h4-8,13,16H,9-12H2,1-3H3,(H,23,25). The van der Waals surface area contributed by atoms with Gasteiger partial charge in [-0.2, -0.15) is 4.31 Å². The van der Waals surface area contributed by atoms with E-state index in [9.17, 15) is 17.6 Å². The summed E-state index contributed by atoms with van der Waals surface area (Å²) in [4.78, 5) is 12.5. The van der Waals surface area contributed by atoms with E-state index >= 15 is 0 Å². The number of sulfonamides is 1. The number of nitrogens with one attached hydrogen (secondary N) is 1. The Balaban J connectivity index is 1.70. The van der Waals surface area contributed by atoms with Crippen molar-refractivity contribution in [2.45, 2.75) is 31.6 Å². The van der Waals surface area contributed by atoms with Crippen molar-refractivity contribution in [1.82, 2.24) is 4.31 Å². The number of ether oxygens (including phenoxy) is 1. The van der Waals surface area contributed by atoms with Crippen LogP contribution in [0.3, 0.4) is 0 Å². The first kappa shape index (κ1) is 21.3. The molecule has 1 fully saturated rings. The second kappa shape index (κ2) is 8.51. The summed E-state index contributed by atoms with van der Waals surface area (Å²) in [6.45, 7) is 4.24. The number of methoxy groups -OCH3 is 1. The van der Waals surface area contributed by atoms with E-state index in [0.717, 1.165) is 28.9 Å². The summed E-state index contributed by atoms with van der Waals surface area (Å²) < 4.78 is 45.9. The van der Waals surface area contributed by atoms with Gasteiger partial charge in [0, 0.05) is 24.7 Å². The average molecular weight is 421 g/mol. The molecule has 0 aromatic heterocycles. The molecule has 0 unspecified atom stereocenters. The van der Waals surface area contributed by atoms with Crippen molar-refractivity contribution in [3.63, 3.8) is 0 Å². The highest BCUT2D eigenvalue weighted by molar-refractivity contribution is 7.89. The van der Waals surface area contributed by atoms with Crippen LogP contribution in [0.4, 0.5) is 10.1 Å². The van der Waals surface area contributed by atoms with Gasteiger partial charge in [-0.1, -0.05) is 18.2 Å². The van der Waals surface area contributed by atoms with Crippen molar-refractivity contribution >= 4 is 21.6 Å². The van der Waals surface area contributed by atoms with E-state index < -0.39 is 15.8 Å². The number of piperidine rings is 1. The molecule has 1 aliphatic rings. The maximum Gasteiger partial charge on any atom is 0.246 e. The molecular weight excluding hydrogens is 395 g/mol. The van der Waals surface area contributed by atoms with Crippen molar-refractivity contribution in [2.24, 2.45) is 5.92 Å². The van der Waals surface area contributed by atoms with Crippen LogP contribution < -0.4 is 10.1 Å². The Hall–Kier alpha value is -2.45. The Morgan fingerprint density at radius 1 is 1.14 bits per heavy atom. The highest BCUT2D eigenvalue weighted by atomic mass is 32.2. The van der Waals surface area contributed by atoms with Gasteiger partial charge in [-0.05, 0) is 56.0 Å². The monoisotopic (exact) mass is 420 g/mol. The zero-order valence-corrected chi connectivity index (χ0v) is 17.6. The van der Waals surface area contributed by atoms with Gasteiger partial charge in [0.05, 0.1) is 7.11 Å². The maximum atomic E-state index is 13.6. The van der Waals surface area contributed by atoms with Gasteiger partial charge in [0.2, 0.25) is 15.9 Å². The highest BCUT2D eigenvalue weighted by Crippen LogP contribution is 2.31. The lowest BCUT2D eigenvalue weighted by molar-refractivity contribution is -0.120. The number of aryl methyl sites for hydroxylation is 2. The third-order valence-corrected chi connectivity index (χ3v) is 7.22. The number of anilines is 1. The third-order valence-electron chi connectivity index (χ3n) is 5.30. The minimum absolute atomic E-state index is 0.0984. The predicted molar refractivity (Wildman–Crippen MR) is 109 cm³/mol. The van der Waals surface area contributed by atoms with Crippen LogP contribution in [0.1, 0.15) is 24.0 Å². The van der Waals surface area contributed by atoms with E-state index in [4.69, 9.17) is 4.74 Å². The average Bonchev–Trinajstić information content (AvgIpc) is 2.70. The van der Waals surface area contributed by atoms with E-state index in [1.54, 1.807) is 0 Å². The zero-order valence-electron chi connectivity index (χ0n) is 16.7. The molecule has 0 spiro atoms. The van der Waals surface area contributed by atoms with Crippen LogP contribution in [-0.2, 0) is 14.8 Å². The summed E-state index contributed by atoms with van der Waals surface area (Å²) in [5.74, 6) is -0.939. The molecule has 1 N–H and O–H groups in total. The second-order valence-electron chi connectivity index (χ2n) is 7.23. The number of amides is 1. The van der Waals surface area contributed by atoms with Crippen molar-refractivity contribution in [2.75, 3.05) is 25.5 Å². The van der Waals surface area contributed by atoms with E-state index in [1.165, 1.54) is 17.5 Å². The van der Waals surface area contributed by atoms with Gasteiger partial charge < -0.3 is 10.1 Å². The van der Waals surface area contributed by atoms with E-state index in [2.05, 4.69) is 5.32 Å². The molecular formula is C21H25FN2O4S. The molecule has 2 aromatic rings. The van der Waals surface area contributed by atoms with Crippen LogP contribution in [0.15, 0.2) is 41.3 Å². The Labute approximate surface area is 170 Å². The largest absolute Gasteiger partial charge is 0.495 e. The van der Waals surface area contributed by atoms with E-state index in [1.807, 2.05) is 32.0 Å². The number of para-hydroxylation sites is 1. The Bertz CT molecular complexity index is 995. The first-order valence-electron chi connectivity index (χ1n) is 9.45. The summed E-state index contributed by atoms with van der Waals surface area (Å²) >= 11 is 0. The van der Waals surface area contributed by atoms with Crippen molar-refractivity contribution in [3.05, 3.63) is 53.3 Å². The predicted octanol–water partition coefficient (Wildman–Crippen LogP) is 3.49. The molecule has 0 bridgehead atoms. The lowest BCUT2D eigenvalue weighted by Gasteiger charge is -2.31. The first-order chi connectivity index (χ1) is 13.7. The summed E-state index contributed by atoms with van der Waals surface area (Å²) in [6, 6.07) is 9.22. The fourth-order valence-electron chi connectivity index (χ4n) is 3.59. The molecule has 29 heavy (non-hydrogen) atoms. The molecule has 1 heterocycles. The molecule has 0 radical (unpaired) electrons. The maximum absolute atomic E-state index is 13.6. The van der Waals surface area contributed by atoms with E-state index in [0.29, 0.717) is 12.8 Å². The van der Waals surface area contributed by atoms with Gasteiger partial charge in [0.1, 0.15) is 16.5 Å². The molecule has 6 nitrogen and oxygen atoms in total. The fraction of sp³-hybridized carbons (Fsp3) is 0.381. The van der Waals surface area contributed by atoms with Gasteiger partial charge >= 0.3 is 0 Å². The number of nitrogens with zero attached hydrogens (tertiary/aromatic N) is 1. The number of hydrogen-bond acceptors (Lipinski definition) is 4. The molecule has 1 saturated heterocycles. The number of benzene rings is 2. The SMILES string of the molecule is COc1ccc(F)cc1S(=O)(=O)N1CCC(C(=O)Nc2c(C)cccc2C)CC1. The number of carbonyl (C=O) groups excluding carboxylic acids is 1. The first-order valence-corrected chi connectivity index (χ1v) is 10.9. The summed E-state index contributed by atoms with van der Waals surface area (Å²) in [7, 11) is -2.57. The molecule has 0 atom stereocenters. The van der Waals surface area contributed by atoms with Crippen LogP contribution in [0.25, 0.3) is 0 Å². The van der Waals surface area contributed by atoms with Crippen LogP contribution in [-0.4, -0.2) is 38.8 Å². The zero-order chi connectivity index (χ0) is 21.2. The smallest absolute Gasteiger partial charge is 0.246 e. The number of hydrogen-bond donors (Lipinski definition) is 1. The molecule has 0 aliphatic carbocycles. The number of halogens is 1. The van der Waals surface area contributed by atoms with E-state index in [-0.39, 0.29) is 35.6 Å². The fourth-order valence-corrected chi connectivity index (χ4v) is 5.22. The summed E-state index contributed by atoms with van der Waals surface area (Å²) in [6.07, 6.45) is 0.793. The van der Waals surface area contributed by atoms with Crippen molar-refractivity contribution < 1.29 is 22.3 Å². The van der Waals surface area contributed by atoms with Crippen molar-refractivity contribution in [3.8, 4) is 5.75 Å². The Morgan fingerprint density at radius 2 is 1.76 bits per heavy atom. The molecule has 3 rings (SSSR count). The topological polar surface area (TPSA) is 75.7 Å². The number of carbonyl (C=O) groups is 1. The number of rotatable bonds is 5.